The van der Waals surface area contributed by atoms with Gasteiger partial charge in [0.05, 0.1) is 12.6 Å². The van der Waals surface area contributed by atoms with Crippen LogP contribution in [0.4, 0.5) is 0 Å². The lowest BCUT2D eigenvalue weighted by Gasteiger charge is -2.20. The van der Waals surface area contributed by atoms with Gasteiger partial charge in [-0.15, -0.1) is 0 Å². The maximum Gasteiger partial charge on any atom is 0.0661 e. The molecule has 1 aliphatic rings. The Morgan fingerprint density at radius 1 is 1.14 bits per heavy atom. The average molecular weight is 289 g/mol. The van der Waals surface area contributed by atoms with E-state index in [0.29, 0.717) is 6.04 Å². The summed E-state index contributed by atoms with van der Waals surface area (Å²) >= 11 is 0. The first-order valence-corrected chi connectivity index (χ1v) is 8.73. The number of hydrogen-bond donors (Lipinski definition) is 1. The highest BCUT2D eigenvalue weighted by Crippen LogP contribution is 2.25. The fraction of sp³-hybridized carbons (Fsp3) is 0.684. The Bertz CT molecular complexity index is 381. The number of rotatable bonds is 9. The van der Waals surface area contributed by atoms with Crippen LogP contribution in [0.5, 0.6) is 0 Å². The second-order valence-electron chi connectivity index (χ2n) is 6.29. The molecule has 2 rings (SSSR count). The molecule has 0 heterocycles. The molecule has 0 radical (unpaired) electrons. The lowest BCUT2D eigenvalue weighted by atomic mass is 10.0. The molecule has 0 amide bonds. The molecule has 0 spiro atoms. The Morgan fingerprint density at radius 2 is 1.86 bits per heavy atom. The van der Waals surface area contributed by atoms with Gasteiger partial charge in [0.25, 0.3) is 0 Å². The molecule has 1 saturated carbocycles. The topological polar surface area (TPSA) is 21.3 Å². The third kappa shape index (κ3) is 5.44. The smallest absolute Gasteiger partial charge is 0.0661 e. The van der Waals surface area contributed by atoms with Crippen molar-refractivity contribution >= 4 is 0 Å². The molecule has 1 aromatic carbocycles. The summed E-state index contributed by atoms with van der Waals surface area (Å²) in [6, 6.07) is 9.38. The van der Waals surface area contributed by atoms with Gasteiger partial charge in [0.15, 0.2) is 0 Å². The Balaban J connectivity index is 1.84. The van der Waals surface area contributed by atoms with Gasteiger partial charge >= 0.3 is 0 Å². The number of benzene rings is 1. The van der Waals surface area contributed by atoms with Gasteiger partial charge in [0.1, 0.15) is 0 Å². The van der Waals surface area contributed by atoms with Crippen LogP contribution in [0.25, 0.3) is 0 Å². The predicted octanol–water partition coefficient (Wildman–Crippen LogP) is 4.50. The SMILES string of the molecule is CCCc1ccc(C(COCC2CCCC2)NCC)cc1. The first-order valence-electron chi connectivity index (χ1n) is 8.73. The summed E-state index contributed by atoms with van der Waals surface area (Å²) in [5.41, 5.74) is 2.78. The van der Waals surface area contributed by atoms with Crippen molar-refractivity contribution in [2.75, 3.05) is 19.8 Å². The standard InChI is InChI=1S/C19H31NO/c1-3-7-16-10-12-18(13-11-16)19(20-4-2)15-21-14-17-8-5-6-9-17/h10-13,17,19-20H,3-9,14-15H2,1-2H3. The van der Waals surface area contributed by atoms with E-state index < -0.39 is 0 Å². The van der Waals surface area contributed by atoms with Crippen molar-refractivity contribution in [3.63, 3.8) is 0 Å². The summed E-state index contributed by atoms with van der Waals surface area (Å²) in [4.78, 5) is 0. The minimum Gasteiger partial charge on any atom is -0.379 e. The number of aryl methyl sites for hydroxylation is 1. The lowest BCUT2D eigenvalue weighted by molar-refractivity contribution is 0.0831. The van der Waals surface area contributed by atoms with Crippen LogP contribution in [-0.4, -0.2) is 19.8 Å². The van der Waals surface area contributed by atoms with E-state index in [9.17, 15) is 0 Å². The molecule has 1 atom stereocenters. The van der Waals surface area contributed by atoms with Crippen molar-refractivity contribution in [3.8, 4) is 0 Å². The molecule has 21 heavy (non-hydrogen) atoms. The molecule has 1 aromatic rings. The third-order valence-corrected chi connectivity index (χ3v) is 4.48. The van der Waals surface area contributed by atoms with Gasteiger partial charge in [-0.2, -0.15) is 0 Å². The zero-order chi connectivity index (χ0) is 14.9. The van der Waals surface area contributed by atoms with E-state index in [1.165, 1.54) is 49.7 Å². The van der Waals surface area contributed by atoms with E-state index in [0.717, 1.165) is 25.7 Å². The maximum absolute atomic E-state index is 6.00. The summed E-state index contributed by atoms with van der Waals surface area (Å²) in [6.45, 7) is 7.10. The average Bonchev–Trinajstić information content (AvgIpc) is 3.01. The Hall–Kier alpha value is -0.860. The number of nitrogens with one attached hydrogen (secondary N) is 1. The van der Waals surface area contributed by atoms with Crippen LogP contribution in [0.3, 0.4) is 0 Å². The summed E-state index contributed by atoms with van der Waals surface area (Å²) < 4.78 is 6.00. The van der Waals surface area contributed by atoms with Crippen LogP contribution in [0.1, 0.15) is 63.1 Å². The minimum atomic E-state index is 0.326. The van der Waals surface area contributed by atoms with Gasteiger partial charge in [0, 0.05) is 6.61 Å². The summed E-state index contributed by atoms with van der Waals surface area (Å²) in [5, 5.41) is 3.55. The lowest BCUT2D eigenvalue weighted by Crippen LogP contribution is -2.26. The van der Waals surface area contributed by atoms with E-state index in [1.807, 2.05) is 0 Å². The Labute approximate surface area is 130 Å². The molecule has 0 aromatic heterocycles. The van der Waals surface area contributed by atoms with Crippen molar-refractivity contribution in [1.29, 1.82) is 0 Å². The van der Waals surface area contributed by atoms with Gasteiger partial charge in [-0.3, -0.25) is 0 Å². The second-order valence-corrected chi connectivity index (χ2v) is 6.29. The van der Waals surface area contributed by atoms with Crippen LogP contribution >= 0.6 is 0 Å². The van der Waals surface area contributed by atoms with Crippen LogP contribution in [-0.2, 0) is 11.2 Å². The molecular weight excluding hydrogens is 258 g/mol. The van der Waals surface area contributed by atoms with E-state index in [1.54, 1.807) is 0 Å². The highest BCUT2D eigenvalue weighted by atomic mass is 16.5. The number of ether oxygens (including phenoxy) is 1. The molecule has 0 aliphatic heterocycles. The zero-order valence-corrected chi connectivity index (χ0v) is 13.7. The van der Waals surface area contributed by atoms with E-state index in [4.69, 9.17) is 4.74 Å². The highest BCUT2D eigenvalue weighted by molar-refractivity contribution is 5.25. The predicted molar refractivity (Wildman–Crippen MR) is 89.6 cm³/mol. The van der Waals surface area contributed by atoms with Crippen molar-refractivity contribution in [1.82, 2.24) is 5.32 Å². The van der Waals surface area contributed by atoms with E-state index in [2.05, 4.69) is 43.4 Å². The number of likely N-dealkylation sites (N-methyl/N-ethyl adjacent to an activating group) is 1. The van der Waals surface area contributed by atoms with Crippen molar-refractivity contribution in [2.45, 2.75) is 58.4 Å². The largest absolute Gasteiger partial charge is 0.379 e. The zero-order valence-electron chi connectivity index (χ0n) is 13.7. The van der Waals surface area contributed by atoms with Crippen molar-refractivity contribution in [3.05, 3.63) is 35.4 Å². The van der Waals surface area contributed by atoms with Gasteiger partial charge in [-0.25, -0.2) is 0 Å². The highest BCUT2D eigenvalue weighted by Gasteiger charge is 2.16. The van der Waals surface area contributed by atoms with Crippen molar-refractivity contribution in [2.24, 2.45) is 5.92 Å². The molecule has 2 heteroatoms. The summed E-state index contributed by atoms with van der Waals surface area (Å²) in [5.74, 6) is 0.805. The fourth-order valence-electron chi connectivity index (χ4n) is 3.25. The van der Waals surface area contributed by atoms with Gasteiger partial charge in [-0.05, 0) is 42.9 Å². The molecule has 1 aliphatic carbocycles. The van der Waals surface area contributed by atoms with E-state index >= 15 is 0 Å². The van der Waals surface area contributed by atoms with Crippen LogP contribution in [0.2, 0.25) is 0 Å². The van der Waals surface area contributed by atoms with Gasteiger partial charge < -0.3 is 10.1 Å². The first kappa shape index (κ1) is 16.5. The molecule has 1 fully saturated rings. The fourth-order valence-corrected chi connectivity index (χ4v) is 3.25. The molecule has 2 nitrogen and oxygen atoms in total. The molecule has 0 bridgehead atoms. The summed E-state index contributed by atoms with van der Waals surface area (Å²) in [7, 11) is 0. The number of hydrogen-bond acceptors (Lipinski definition) is 2. The normalized spacial score (nSPS) is 17.2. The second kappa shape index (κ2) is 9.22. The van der Waals surface area contributed by atoms with Gasteiger partial charge in [-0.1, -0.05) is 57.4 Å². The first-order chi connectivity index (χ1) is 10.3. The quantitative estimate of drug-likeness (QED) is 0.723. The molecule has 1 N–H and O–H groups in total. The van der Waals surface area contributed by atoms with Crippen LogP contribution in [0, 0.1) is 5.92 Å². The Kier molecular flexibility index (Phi) is 7.25. The van der Waals surface area contributed by atoms with Crippen LogP contribution in [0.15, 0.2) is 24.3 Å². The third-order valence-electron chi connectivity index (χ3n) is 4.48. The molecule has 118 valence electrons. The van der Waals surface area contributed by atoms with Crippen LogP contribution < -0.4 is 5.32 Å². The monoisotopic (exact) mass is 289 g/mol. The molecule has 0 saturated heterocycles. The van der Waals surface area contributed by atoms with Gasteiger partial charge in [0.2, 0.25) is 0 Å². The van der Waals surface area contributed by atoms with Crippen molar-refractivity contribution < 1.29 is 4.74 Å². The maximum atomic E-state index is 6.00. The molecular formula is C19H31NO. The minimum absolute atomic E-state index is 0.326. The Morgan fingerprint density at radius 3 is 2.48 bits per heavy atom. The van der Waals surface area contributed by atoms with E-state index in [-0.39, 0.29) is 0 Å². The summed E-state index contributed by atoms with van der Waals surface area (Å²) in [6.07, 6.45) is 7.88. The molecule has 1 unspecified atom stereocenters.